The lowest BCUT2D eigenvalue weighted by molar-refractivity contribution is -0.108. The molecule has 1 saturated heterocycles. The smallest absolute Gasteiger partial charge is 0.243 e. The first-order valence-corrected chi connectivity index (χ1v) is 14.1. The van der Waals surface area contributed by atoms with E-state index in [1.807, 2.05) is 30.7 Å². The number of rotatable bonds is 9. The lowest BCUT2D eigenvalue weighted by atomic mass is 9.90. The van der Waals surface area contributed by atoms with E-state index in [1.54, 1.807) is 58.6 Å². The van der Waals surface area contributed by atoms with Gasteiger partial charge in [0.25, 0.3) is 0 Å². The van der Waals surface area contributed by atoms with Gasteiger partial charge in [-0.25, -0.2) is 13.1 Å². The van der Waals surface area contributed by atoms with Crippen molar-refractivity contribution in [1.82, 2.24) is 23.6 Å². The molecule has 4 aromatic rings. The molecular weight excluding hydrogens is 506 g/mol. The van der Waals surface area contributed by atoms with Crippen LogP contribution < -0.4 is 9.47 Å². The Hall–Kier alpha value is -3.70. The lowest BCUT2D eigenvalue weighted by Gasteiger charge is -2.31. The summed E-state index contributed by atoms with van der Waals surface area (Å²) in [5, 5.41) is 5.04. The molecule has 0 unspecified atom stereocenters. The van der Waals surface area contributed by atoms with Crippen molar-refractivity contribution >= 4 is 27.3 Å². The quantitative estimate of drug-likeness (QED) is 0.296. The molecule has 10 nitrogen and oxygen atoms in total. The number of sulfonamides is 1. The van der Waals surface area contributed by atoms with Crippen LogP contribution in [0.5, 0.6) is 17.5 Å². The Morgan fingerprint density at radius 1 is 1.08 bits per heavy atom. The first-order valence-electron chi connectivity index (χ1n) is 12.6. The zero-order valence-electron chi connectivity index (χ0n) is 21.6. The van der Waals surface area contributed by atoms with Gasteiger partial charge in [-0.05, 0) is 68.5 Å². The van der Waals surface area contributed by atoms with Crippen molar-refractivity contribution in [1.29, 1.82) is 0 Å². The van der Waals surface area contributed by atoms with Gasteiger partial charge in [-0.3, -0.25) is 0 Å². The van der Waals surface area contributed by atoms with Gasteiger partial charge in [0, 0.05) is 43.9 Å². The summed E-state index contributed by atoms with van der Waals surface area (Å²) in [6.45, 7) is 4.84. The SMILES string of the molecule is CC(C)Oc1ccc(S(=O)(=O)N2CCC(c3cn(CC=O)c4nc(Oc5ccnn5C)ccc34)CC2)cc1. The second-order valence-electron chi connectivity index (χ2n) is 9.64. The van der Waals surface area contributed by atoms with E-state index in [-0.39, 0.29) is 23.5 Å². The molecule has 1 aromatic carbocycles. The Labute approximate surface area is 221 Å². The second kappa shape index (κ2) is 10.6. The summed E-state index contributed by atoms with van der Waals surface area (Å²) in [6.07, 6.45) is 5.80. The van der Waals surface area contributed by atoms with Crippen molar-refractivity contribution < 1.29 is 22.7 Å². The Kier molecular flexibility index (Phi) is 7.22. The minimum Gasteiger partial charge on any atom is -0.491 e. The van der Waals surface area contributed by atoms with E-state index in [4.69, 9.17) is 9.47 Å². The molecule has 38 heavy (non-hydrogen) atoms. The van der Waals surface area contributed by atoms with Gasteiger partial charge >= 0.3 is 0 Å². The van der Waals surface area contributed by atoms with E-state index >= 15 is 0 Å². The zero-order chi connectivity index (χ0) is 26.9. The minimum atomic E-state index is -3.60. The summed E-state index contributed by atoms with van der Waals surface area (Å²) >= 11 is 0. The molecule has 3 aromatic heterocycles. The van der Waals surface area contributed by atoms with E-state index < -0.39 is 10.0 Å². The van der Waals surface area contributed by atoms with Crippen LogP contribution in [-0.4, -0.2) is 57.5 Å². The van der Waals surface area contributed by atoms with Gasteiger partial charge in [0.2, 0.25) is 21.8 Å². The van der Waals surface area contributed by atoms with Crippen LogP contribution >= 0.6 is 0 Å². The van der Waals surface area contributed by atoms with Gasteiger partial charge in [-0.2, -0.15) is 14.4 Å². The summed E-state index contributed by atoms with van der Waals surface area (Å²) < 4.78 is 43.0. The lowest BCUT2D eigenvalue weighted by Crippen LogP contribution is -2.37. The highest BCUT2D eigenvalue weighted by Gasteiger charge is 2.31. The number of piperidine rings is 1. The number of aldehydes is 1. The first kappa shape index (κ1) is 25.9. The van der Waals surface area contributed by atoms with Gasteiger partial charge in [0.1, 0.15) is 17.7 Å². The van der Waals surface area contributed by atoms with Crippen molar-refractivity contribution in [2.75, 3.05) is 13.1 Å². The fraction of sp³-hybridized carbons (Fsp3) is 0.370. The van der Waals surface area contributed by atoms with Crippen molar-refractivity contribution in [3.8, 4) is 17.5 Å². The van der Waals surface area contributed by atoms with Crippen LogP contribution in [0.2, 0.25) is 0 Å². The van der Waals surface area contributed by atoms with E-state index in [0.717, 1.165) is 17.2 Å². The fourth-order valence-corrected chi connectivity index (χ4v) is 6.33. The highest BCUT2D eigenvalue weighted by atomic mass is 32.2. The topological polar surface area (TPSA) is 109 Å². The molecule has 1 aliphatic rings. The molecule has 0 N–H and O–H groups in total. The average Bonchev–Trinajstić information content (AvgIpc) is 3.47. The van der Waals surface area contributed by atoms with Gasteiger partial charge < -0.3 is 18.8 Å². The number of aromatic nitrogens is 4. The molecule has 11 heteroatoms. The van der Waals surface area contributed by atoms with E-state index in [1.165, 1.54) is 0 Å². The van der Waals surface area contributed by atoms with E-state index in [9.17, 15) is 13.2 Å². The monoisotopic (exact) mass is 537 g/mol. The maximum absolute atomic E-state index is 13.3. The summed E-state index contributed by atoms with van der Waals surface area (Å²) in [7, 11) is -1.82. The second-order valence-corrected chi connectivity index (χ2v) is 11.6. The van der Waals surface area contributed by atoms with Crippen LogP contribution in [-0.2, 0) is 28.4 Å². The number of fused-ring (bicyclic) bond motifs is 1. The third-order valence-corrected chi connectivity index (χ3v) is 8.62. The summed E-state index contributed by atoms with van der Waals surface area (Å²) in [4.78, 5) is 16.3. The summed E-state index contributed by atoms with van der Waals surface area (Å²) in [5.74, 6) is 1.75. The van der Waals surface area contributed by atoms with Crippen molar-refractivity contribution in [2.24, 2.45) is 7.05 Å². The molecule has 0 atom stereocenters. The van der Waals surface area contributed by atoms with Gasteiger partial charge in [-0.15, -0.1) is 0 Å². The van der Waals surface area contributed by atoms with Crippen LogP contribution in [0.15, 0.2) is 59.8 Å². The number of ether oxygens (including phenoxy) is 2. The minimum absolute atomic E-state index is 0.0178. The van der Waals surface area contributed by atoms with Crippen LogP contribution in [0.4, 0.5) is 0 Å². The molecule has 0 radical (unpaired) electrons. The Bertz CT molecular complexity index is 1530. The van der Waals surface area contributed by atoms with Crippen molar-refractivity contribution in [2.45, 2.75) is 50.2 Å². The van der Waals surface area contributed by atoms with Crippen LogP contribution in [0.25, 0.3) is 11.0 Å². The maximum atomic E-state index is 13.3. The van der Waals surface area contributed by atoms with Gasteiger partial charge in [0.05, 0.1) is 23.7 Å². The van der Waals surface area contributed by atoms with Crippen LogP contribution in [0.1, 0.15) is 38.2 Å². The largest absolute Gasteiger partial charge is 0.491 e. The van der Waals surface area contributed by atoms with Gasteiger partial charge in [-0.1, -0.05) is 0 Å². The molecule has 0 saturated carbocycles. The fourth-order valence-electron chi connectivity index (χ4n) is 4.86. The van der Waals surface area contributed by atoms with Crippen LogP contribution in [0, 0.1) is 0 Å². The predicted octanol–water partition coefficient (Wildman–Crippen LogP) is 4.12. The molecule has 4 heterocycles. The Morgan fingerprint density at radius 3 is 2.45 bits per heavy atom. The third-order valence-electron chi connectivity index (χ3n) is 6.71. The van der Waals surface area contributed by atoms with Crippen molar-refractivity contribution in [3.63, 3.8) is 0 Å². The summed E-state index contributed by atoms with van der Waals surface area (Å²) in [5.41, 5.74) is 1.72. The number of aryl methyl sites for hydroxylation is 1. The number of carbonyl (C=O) groups excluding carboxylic acids is 1. The number of benzene rings is 1. The van der Waals surface area contributed by atoms with Crippen LogP contribution in [0.3, 0.4) is 0 Å². The van der Waals surface area contributed by atoms with E-state index in [0.29, 0.717) is 49.1 Å². The molecule has 0 amide bonds. The molecule has 0 aliphatic carbocycles. The zero-order valence-corrected chi connectivity index (χ0v) is 22.5. The molecular formula is C27H31N5O5S. The first-order chi connectivity index (χ1) is 18.3. The maximum Gasteiger partial charge on any atom is 0.243 e. The molecule has 0 spiro atoms. The number of pyridine rings is 1. The number of carbonyl (C=O) groups is 1. The number of nitrogens with zero attached hydrogens (tertiary/aromatic N) is 5. The average molecular weight is 538 g/mol. The molecule has 200 valence electrons. The van der Waals surface area contributed by atoms with E-state index in [2.05, 4.69) is 10.1 Å². The molecule has 1 fully saturated rings. The number of hydrogen-bond acceptors (Lipinski definition) is 7. The predicted molar refractivity (Wildman–Crippen MR) is 142 cm³/mol. The third kappa shape index (κ3) is 5.16. The molecule has 5 rings (SSSR count). The Morgan fingerprint density at radius 2 is 1.82 bits per heavy atom. The molecule has 1 aliphatic heterocycles. The Balaban J connectivity index is 1.34. The molecule has 0 bridgehead atoms. The normalized spacial score (nSPS) is 15.3. The highest BCUT2D eigenvalue weighted by molar-refractivity contribution is 7.89. The summed E-state index contributed by atoms with van der Waals surface area (Å²) in [6, 6.07) is 12.1. The standard InChI is InChI=1S/C27H31N5O5S/c1-19(2)36-21-4-6-22(7-5-21)38(34,35)32-14-11-20(12-15-32)24-18-31(16-17-33)27-23(24)8-9-25(29-27)37-26-10-13-28-30(26)3/h4-10,13,17-20H,11-12,14-16H2,1-3H3. The van der Waals surface area contributed by atoms with Crippen molar-refractivity contribution in [3.05, 3.63) is 60.4 Å². The number of hydrogen-bond donors (Lipinski definition) is 0. The highest BCUT2D eigenvalue weighted by Crippen LogP contribution is 2.36. The van der Waals surface area contributed by atoms with Gasteiger partial charge in [0.15, 0.2) is 0 Å².